The maximum atomic E-state index is 13.2. The van der Waals surface area contributed by atoms with Gasteiger partial charge in [0.2, 0.25) is 0 Å². The van der Waals surface area contributed by atoms with E-state index in [0.29, 0.717) is 5.56 Å². The van der Waals surface area contributed by atoms with Crippen molar-refractivity contribution in [2.45, 2.75) is 33.6 Å². The van der Waals surface area contributed by atoms with Crippen molar-refractivity contribution in [3.8, 4) is 28.7 Å². The smallest absolute Gasteiger partial charge is 0.426 e. The van der Waals surface area contributed by atoms with E-state index >= 15 is 0 Å². The molecule has 0 aliphatic rings. The van der Waals surface area contributed by atoms with Gasteiger partial charge >= 0.3 is 25.7 Å². The quantitative estimate of drug-likeness (QED) is 0.149. The van der Waals surface area contributed by atoms with Gasteiger partial charge in [-0.05, 0) is 36.2 Å². The number of rotatable bonds is 11. The average Bonchev–Trinajstić information content (AvgIpc) is 2.82. The van der Waals surface area contributed by atoms with Crippen molar-refractivity contribution in [1.29, 1.82) is 0 Å². The fourth-order valence-corrected chi connectivity index (χ4v) is 4.22. The fraction of sp³-hybridized carbons (Fsp3) is 0.185. The molecule has 0 radical (unpaired) electrons. The number of carbonyl (C=O) groups is 4. The number of esters is 3. The zero-order chi connectivity index (χ0) is 28.6. The molecule has 0 aromatic heterocycles. The lowest BCUT2D eigenvalue weighted by atomic mass is 10.0. The predicted molar refractivity (Wildman–Crippen MR) is 137 cm³/mol. The van der Waals surface area contributed by atoms with E-state index in [1.807, 2.05) is 0 Å². The van der Waals surface area contributed by atoms with Gasteiger partial charge in [0.25, 0.3) is 0 Å². The van der Waals surface area contributed by atoms with Crippen LogP contribution in [0.2, 0.25) is 0 Å². The summed E-state index contributed by atoms with van der Waals surface area (Å²) in [5.41, 5.74) is 0.502. The van der Waals surface area contributed by atoms with Gasteiger partial charge in [-0.25, -0.2) is 4.57 Å². The predicted octanol–water partition coefficient (Wildman–Crippen LogP) is 4.84. The van der Waals surface area contributed by atoms with Crippen LogP contribution in [0.25, 0.3) is 0 Å². The number of ketones is 1. The molecule has 0 amide bonds. The van der Waals surface area contributed by atoms with Crippen LogP contribution < -0.4 is 23.3 Å². The van der Waals surface area contributed by atoms with Gasteiger partial charge in [-0.1, -0.05) is 30.3 Å². The molecule has 12 heteroatoms. The number of hydrogen-bond donors (Lipinski definition) is 1. The van der Waals surface area contributed by atoms with E-state index in [1.165, 1.54) is 36.4 Å². The number of hydrogen-bond acceptors (Lipinski definition) is 10. The average molecular weight is 556 g/mol. The van der Waals surface area contributed by atoms with Gasteiger partial charge in [0, 0.05) is 39.3 Å². The first kappa shape index (κ1) is 29.1. The molecule has 204 valence electrons. The largest absolute Gasteiger partial charge is 0.584 e. The van der Waals surface area contributed by atoms with Crippen molar-refractivity contribution in [3.63, 3.8) is 0 Å². The highest BCUT2D eigenvalue weighted by molar-refractivity contribution is 7.48. The molecular formula is C27H25O11P. The summed E-state index contributed by atoms with van der Waals surface area (Å²) in [5.74, 6) is -2.99. The summed E-state index contributed by atoms with van der Waals surface area (Å²) in [4.78, 5) is 57.9. The third kappa shape index (κ3) is 9.10. The Labute approximate surface area is 223 Å². The summed E-state index contributed by atoms with van der Waals surface area (Å²) in [6, 6.07) is 16.5. The Morgan fingerprint density at radius 2 is 1.18 bits per heavy atom. The SMILES string of the molecule is CC(=O)Oc1cc(OC(C)=O)c(C(=O)CCc2ccc(OP(=O)(O)Oc3ccccc3)cc2)c(OC(C)=O)c1. The Balaban J connectivity index is 1.75. The minimum Gasteiger partial charge on any atom is -0.426 e. The van der Waals surface area contributed by atoms with E-state index in [0.717, 1.165) is 20.8 Å². The van der Waals surface area contributed by atoms with Crippen molar-refractivity contribution in [3.05, 3.63) is 77.9 Å². The minimum absolute atomic E-state index is 0.0715. The van der Waals surface area contributed by atoms with Crippen molar-refractivity contribution in [2.24, 2.45) is 0 Å². The number of carbonyl (C=O) groups excluding carboxylic acids is 4. The van der Waals surface area contributed by atoms with Crippen LogP contribution in [0.5, 0.6) is 28.7 Å². The number of para-hydroxylation sites is 1. The molecule has 11 nitrogen and oxygen atoms in total. The van der Waals surface area contributed by atoms with Crippen LogP contribution in [-0.4, -0.2) is 28.6 Å². The molecule has 0 aliphatic heterocycles. The lowest BCUT2D eigenvalue weighted by Gasteiger charge is -2.15. The second kappa shape index (κ2) is 12.9. The first-order chi connectivity index (χ1) is 18.4. The number of aryl methyl sites for hydroxylation is 1. The number of phosphoric acid groups is 1. The van der Waals surface area contributed by atoms with Crippen LogP contribution >= 0.6 is 7.82 Å². The van der Waals surface area contributed by atoms with Crippen LogP contribution in [-0.2, 0) is 25.4 Å². The molecule has 0 heterocycles. The topological polar surface area (TPSA) is 152 Å². The number of Topliss-reactive ketones (excluding diaryl/α,β-unsaturated/α-hetero) is 1. The van der Waals surface area contributed by atoms with E-state index in [9.17, 15) is 28.6 Å². The lowest BCUT2D eigenvalue weighted by Crippen LogP contribution is -2.13. The maximum absolute atomic E-state index is 13.2. The summed E-state index contributed by atoms with van der Waals surface area (Å²) in [6.45, 7) is 3.40. The number of phosphoric ester groups is 1. The molecule has 3 rings (SSSR count). The molecule has 0 bridgehead atoms. The molecule has 0 aliphatic carbocycles. The summed E-state index contributed by atoms with van der Waals surface area (Å²) >= 11 is 0. The van der Waals surface area contributed by atoms with Crippen molar-refractivity contribution >= 4 is 31.5 Å². The number of benzene rings is 3. The van der Waals surface area contributed by atoms with Gasteiger partial charge in [-0.15, -0.1) is 0 Å². The van der Waals surface area contributed by atoms with Crippen LogP contribution in [0.4, 0.5) is 0 Å². The van der Waals surface area contributed by atoms with Gasteiger partial charge in [0.05, 0.1) is 0 Å². The first-order valence-electron chi connectivity index (χ1n) is 11.5. The minimum atomic E-state index is -4.44. The van der Waals surface area contributed by atoms with Gasteiger partial charge in [0.1, 0.15) is 34.3 Å². The maximum Gasteiger partial charge on any atom is 0.584 e. The normalized spacial score (nSPS) is 12.0. The molecule has 0 fully saturated rings. The second-order valence-corrected chi connectivity index (χ2v) is 9.41. The summed E-state index contributed by atoms with van der Waals surface area (Å²) in [6.07, 6.45) is 0.117. The van der Waals surface area contributed by atoms with Crippen LogP contribution in [0, 0.1) is 0 Å². The highest BCUT2D eigenvalue weighted by Gasteiger charge is 2.26. The molecular weight excluding hydrogens is 531 g/mol. The standard InChI is InChI=1S/C27H25O11P/c1-17(28)34-23-15-25(35-18(2)29)27(26(16-23)36-19(3)30)24(31)14-11-20-9-12-22(13-10-20)38-39(32,33)37-21-7-5-4-6-8-21/h4-10,12-13,15-16H,11,14H2,1-3H3,(H,32,33). The van der Waals surface area contributed by atoms with E-state index in [2.05, 4.69) is 0 Å². The molecule has 0 saturated heterocycles. The highest BCUT2D eigenvalue weighted by Crippen LogP contribution is 2.44. The Kier molecular flexibility index (Phi) is 9.59. The van der Waals surface area contributed by atoms with Crippen molar-refractivity contribution < 1.29 is 51.9 Å². The van der Waals surface area contributed by atoms with Gasteiger partial charge in [0.15, 0.2) is 5.78 Å². The van der Waals surface area contributed by atoms with E-state index in [-0.39, 0.29) is 47.2 Å². The van der Waals surface area contributed by atoms with Crippen LogP contribution in [0.1, 0.15) is 43.1 Å². The highest BCUT2D eigenvalue weighted by atomic mass is 31.2. The zero-order valence-corrected chi connectivity index (χ0v) is 22.1. The number of ether oxygens (including phenoxy) is 3. The molecule has 3 aromatic rings. The molecule has 39 heavy (non-hydrogen) atoms. The Hall–Kier alpha value is -4.47. The molecule has 1 unspecified atom stereocenters. The fourth-order valence-electron chi connectivity index (χ4n) is 3.40. The summed E-state index contributed by atoms with van der Waals surface area (Å²) in [5, 5.41) is 0. The Morgan fingerprint density at radius 3 is 1.67 bits per heavy atom. The monoisotopic (exact) mass is 556 g/mol. The van der Waals surface area contributed by atoms with Crippen molar-refractivity contribution in [2.75, 3.05) is 0 Å². The first-order valence-corrected chi connectivity index (χ1v) is 13.0. The molecule has 1 atom stereocenters. The van der Waals surface area contributed by atoms with E-state index in [1.54, 1.807) is 30.3 Å². The molecule has 0 spiro atoms. The van der Waals surface area contributed by atoms with E-state index < -0.39 is 31.5 Å². The van der Waals surface area contributed by atoms with Gasteiger partial charge in [-0.3, -0.25) is 24.1 Å². The molecule has 1 N–H and O–H groups in total. The van der Waals surface area contributed by atoms with Crippen LogP contribution in [0.3, 0.4) is 0 Å². The second-order valence-electron chi connectivity index (χ2n) is 8.11. The van der Waals surface area contributed by atoms with Crippen molar-refractivity contribution in [1.82, 2.24) is 0 Å². The third-order valence-corrected chi connectivity index (χ3v) is 5.72. The van der Waals surface area contributed by atoms with E-state index in [4.69, 9.17) is 23.3 Å². The van der Waals surface area contributed by atoms with Gasteiger partial charge < -0.3 is 23.3 Å². The van der Waals surface area contributed by atoms with Crippen LogP contribution in [0.15, 0.2) is 66.7 Å². The molecule has 3 aromatic carbocycles. The third-order valence-electron chi connectivity index (χ3n) is 4.84. The summed E-state index contributed by atoms with van der Waals surface area (Å²) < 4.78 is 37.7. The lowest BCUT2D eigenvalue weighted by molar-refractivity contribution is -0.132. The Bertz CT molecular complexity index is 1380. The molecule has 0 saturated carbocycles. The van der Waals surface area contributed by atoms with Gasteiger partial charge in [-0.2, -0.15) is 0 Å². The zero-order valence-electron chi connectivity index (χ0n) is 21.2. The summed E-state index contributed by atoms with van der Waals surface area (Å²) in [7, 11) is -4.44. The Morgan fingerprint density at radius 1 is 0.692 bits per heavy atom.